The predicted molar refractivity (Wildman–Crippen MR) is 112 cm³/mol. The quantitative estimate of drug-likeness (QED) is 0.573. The first-order valence-electron chi connectivity index (χ1n) is 10.4. The molecule has 1 fully saturated rings. The first-order chi connectivity index (χ1) is 15.3. The Morgan fingerprint density at radius 1 is 1.16 bits per heavy atom. The van der Waals surface area contributed by atoms with Gasteiger partial charge >= 0.3 is 12.1 Å². The Morgan fingerprint density at radius 2 is 1.84 bits per heavy atom. The fourth-order valence-electron chi connectivity index (χ4n) is 4.07. The molecule has 3 rings (SSSR count). The van der Waals surface area contributed by atoms with Crippen molar-refractivity contribution in [2.24, 2.45) is 5.92 Å². The summed E-state index contributed by atoms with van der Waals surface area (Å²) in [5, 5.41) is 8.54. The zero-order chi connectivity index (χ0) is 23.1. The van der Waals surface area contributed by atoms with Crippen LogP contribution in [-0.4, -0.2) is 37.7 Å². The Kier molecular flexibility index (Phi) is 7.75. The van der Waals surface area contributed by atoms with E-state index in [-0.39, 0.29) is 37.6 Å². The van der Waals surface area contributed by atoms with Crippen LogP contribution in [0.2, 0.25) is 0 Å². The zero-order valence-electron chi connectivity index (χ0n) is 17.8. The number of halogens is 3. The van der Waals surface area contributed by atoms with E-state index in [1.54, 1.807) is 24.3 Å². The molecule has 32 heavy (non-hydrogen) atoms. The van der Waals surface area contributed by atoms with E-state index in [2.05, 4.69) is 4.90 Å². The molecule has 1 heterocycles. The highest BCUT2D eigenvalue weighted by molar-refractivity contribution is 5.72. The predicted octanol–water partition coefficient (Wildman–Crippen LogP) is 4.78. The Balaban J connectivity index is 1.59. The largest absolute Gasteiger partial charge is 0.479 e. The Morgan fingerprint density at radius 3 is 2.47 bits per heavy atom. The molecule has 1 aliphatic rings. The Bertz CT molecular complexity index is 937. The molecule has 0 saturated carbocycles. The first-order valence-corrected chi connectivity index (χ1v) is 10.4. The van der Waals surface area contributed by atoms with Gasteiger partial charge in [0.25, 0.3) is 0 Å². The van der Waals surface area contributed by atoms with Crippen molar-refractivity contribution in [2.45, 2.75) is 31.5 Å². The lowest BCUT2D eigenvalue weighted by atomic mass is 9.85. The van der Waals surface area contributed by atoms with Crippen molar-refractivity contribution in [1.82, 2.24) is 4.90 Å². The van der Waals surface area contributed by atoms with Crippen LogP contribution in [-0.2, 0) is 22.1 Å². The van der Waals surface area contributed by atoms with Crippen molar-refractivity contribution in [3.63, 3.8) is 0 Å². The van der Waals surface area contributed by atoms with E-state index in [9.17, 15) is 18.0 Å². The molecule has 2 aromatic rings. The minimum Gasteiger partial charge on any atom is -0.479 e. The lowest BCUT2D eigenvalue weighted by Gasteiger charge is -2.39. The van der Waals surface area contributed by atoms with Crippen LogP contribution in [0.1, 0.15) is 35.6 Å². The van der Waals surface area contributed by atoms with Crippen molar-refractivity contribution in [2.75, 3.05) is 26.8 Å². The number of ether oxygens (including phenoxy) is 2. The molecule has 2 atom stereocenters. The lowest BCUT2D eigenvalue weighted by molar-refractivity contribution is -0.145. The number of carbonyl (C=O) groups excluding carboxylic acids is 1. The summed E-state index contributed by atoms with van der Waals surface area (Å²) >= 11 is 0. The van der Waals surface area contributed by atoms with Crippen molar-refractivity contribution in [3.8, 4) is 11.8 Å². The maximum Gasteiger partial charge on any atom is 0.416 e. The average molecular weight is 446 g/mol. The van der Waals surface area contributed by atoms with Crippen LogP contribution in [0.15, 0.2) is 48.5 Å². The topological polar surface area (TPSA) is 62.6 Å². The molecule has 1 aliphatic heterocycles. The average Bonchev–Trinajstić information content (AvgIpc) is 2.77. The lowest BCUT2D eigenvalue weighted by Crippen LogP contribution is -2.38. The highest BCUT2D eigenvalue weighted by Crippen LogP contribution is 2.37. The molecule has 1 saturated heterocycles. The Hall–Kier alpha value is -3.05. The molecule has 8 heteroatoms. The van der Waals surface area contributed by atoms with Crippen LogP contribution in [0.3, 0.4) is 0 Å². The monoisotopic (exact) mass is 446 g/mol. The standard InChI is InChI=1S/C24H25F3N2O3/c1-29-13-2-3-19(23(29)18-6-8-20(9-7-18)24(25,26)27)16-32-22(30)15-17-4-10-21(11-5-17)31-14-12-28/h4-11,19,23H,2-3,13-16H2,1H3/t19-,23+/m1/s1. The molecule has 0 N–H and O–H groups in total. The fraction of sp³-hybridized carbons (Fsp3) is 0.417. The van der Waals surface area contributed by atoms with Crippen molar-refractivity contribution in [1.29, 1.82) is 5.26 Å². The summed E-state index contributed by atoms with van der Waals surface area (Å²) in [5.74, 6) is 0.180. The van der Waals surface area contributed by atoms with Gasteiger partial charge in [0.05, 0.1) is 18.6 Å². The van der Waals surface area contributed by atoms with E-state index in [0.29, 0.717) is 5.75 Å². The van der Waals surface area contributed by atoms with Gasteiger partial charge in [0.15, 0.2) is 6.61 Å². The van der Waals surface area contributed by atoms with Gasteiger partial charge in [-0.05, 0) is 61.8 Å². The normalized spacial score (nSPS) is 19.2. The summed E-state index contributed by atoms with van der Waals surface area (Å²) in [6.07, 6.45) is -2.51. The van der Waals surface area contributed by atoms with Gasteiger partial charge in [0, 0.05) is 12.0 Å². The van der Waals surface area contributed by atoms with E-state index in [1.165, 1.54) is 12.1 Å². The second-order valence-corrected chi connectivity index (χ2v) is 7.90. The molecule has 170 valence electrons. The molecular formula is C24H25F3N2O3. The summed E-state index contributed by atoms with van der Waals surface area (Å²) in [6, 6.07) is 13.9. The van der Waals surface area contributed by atoms with E-state index in [1.807, 2.05) is 13.1 Å². The number of hydrogen-bond acceptors (Lipinski definition) is 5. The number of rotatable bonds is 7. The van der Waals surface area contributed by atoms with Crippen LogP contribution in [0.4, 0.5) is 13.2 Å². The first kappa shape index (κ1) is 23.6. The smallest absolute Gasteiger partial charge is 0.416 e. The molecule has 2 aromatic carbocycles. The summed E-state index contributed by atoms with van der Waals surface area (Å²) in [6.45, 7) is 0.992. The van der Waals surface area contributed by atoms with Crippen LogP contribution in [0, 0.1) is 17.2 Å². The van der Waals surface area contributed by atoms with Gasteiger partial charge in [0.2, 0.25) is 0 Å². The molecule has 0 aromatic heterocycles. The number of likely N-dealkylation sites (tertiary alicyclic amines) is 1. The maximum absolute atomic E-state index is 12.9. The number of alkyl halides is 3. The van der Waals surface area contributed by atoms with Gasteiger partial charge in [-0.2, -0.15) is 18.4 Å². The summed E-state index contributed by atoms with van der Waals surface area (Å²) in [5.41, 5.74) is 0.875. The molecule has 0 bridgehead atoms. The molecule has 5 nitrogen and oxygen atoms in total. The number of benzene rings is 2. The second-order valence-electron chi connectivity index (χ2n) is 7.90. The van der Waals surface area contributed by atoms with Gasteiger partial charge in [-0.15, -0.1) is 0 Å². The van der Waals surface area contributed by atoms with E-state index in [0.717, 1.165) is 42.6 Å². The minimum atomic E-state index is -4.37. The maximum atomic E-state index is 12.9. The minimum absolute atomic E-state index is 0.00352. The summed E-state index contributed by atoms with van der Waals surface area (Å²) in [7, 11) is 1.94. The number of carbonyl (C=O) groups is 1. The van der Waals surface area contributed by atoms with Gasteiger partial charge < -0.3 is 9.47 Å². The molecular weight excluding hydrogens is 421 g/mol. The van der Waals surface area contributed by atoms with Gasteiger partial charge in [0.1, 0.15) is 11.8 Å². The van der Waals surface area contributed by atoms with Crippen molar-refractivity contribution in [3.05, 3.63) is 65.2 Å². The summed E-state index contributed by atoms with van der Waals surface area (Å²) in [4.78, 5) is 14.5. The van der Waals surface area contributed by atoms with Crippen molar-refractivity contribution >= 4 is 5.97 Å². The van der Waals surface area contributed by atoms with Crippen LogP contribution >= 0.6 is 0 Å². The van der Waals surface area contributed by atoms with Gasteiger partial charge in [-0.25, -0.2) is 0 Å². The number of piperidine rings is 1. The Labute approximate surface area is 185 Å². The number of hydrogen-bond donors (Lipinski definition) is 0. The highest BCUT2D eigenvalue weighted by Gasteiger charge is 2.33. The molecule has 0 unspecified atom stereocenters. The molecule has 0 amide bonds. The van der Waals surface area contributed by atoms with E-state index >= 15 is 0 Å². The highest BCUT2D eigenvalue weighted by atomic mass is 19.4. The third-order valence-electron chi connectivity index (χ3n) is 5.62. The zero-order valence-corrected chi connectivity index (χ0v) is 17.8. The van der Waals surface area contributed by atoms with Crippen LogP contribution in [0.25, 0.3) is 0 Å². The molecule has 0 spiro atoms. The van der Waals surface area contributed by atoms with E-state index in [4.69, 9.17) is 14.7 Å². The van der Waals surface area contributed by atoms with Crippen molar-refractivity contribution < 1.29 is 27.4 Å². The second kappa shape index (κ2) is 10.5. The summed E-state index contributed by atoms with van der Waals surface area (Å²) < 4.78 is 49.4. The van der Waals surface area contributed by atoms with Crippen LogP contribution in [0.5, 0.6) is 5.75 Å². The van der Waals surface area contributed by atoms with Gasteiger partial charge in [-0.3, -0.25) is 9.69 Å². The fourth-order valence-corrected chi connectivity index (χ4v) is 4.07. The SMILES string of the molecule is CN1CCC[C@H](COC(=O)Cc2ccc(OCC#N)cc2)[C@@H]1c1ccc(C(F)(F)F)cc1. The third-order valence-corrected chi connectivity index (χ3v) is 5.62. The number of nitriles is 1. The third kappa shape index (κ3) is 6.24. The van der Waals surface area contributed by atoms with Gasteiger partial charge in [-0.1, -0.05) is 24.3 Å². The van der Waals surface area contributed by atoms with Crippen LogP contribution < -0.4 is 4.74 Å². The number of nitrogens with zero attached hydrogens (tertiary/aromatic N) is 2. The number of esters is 1. The molecule has 0 radical (unpaired) electrons. The molecule has 0 aliphatic carbocycles. The van der Waals surface area contributed by atoms with E-state index < -0.39 is 11.7 Å².